The molecule has 2 aliphatic rings. The Balaban J connectivity index is 1.77. The molecule has 7 heteroatoms. The van der Waals surface area contributed by atoms with Gasteiger partial charge in [0.15, 0.2) is 17.3 Å². The lowest BCUT2D eigenvalue weighted by atomic mass is 9.71. The summed E-state index contributed by atoms with van der Waals surface area (Å²) in [4.78, 5) is 26.3. The van der Waals surface area contributed by atoms with Crippen LogP contribution < -0.4 is 14.8 Å². The van der Waals surface area contributed by atoms with Crippen LogP contribution in [0.5, 0.6) is 11.5 Å². The zero-order valence-electron chi connectivity index (χ0n) is 19.0. The highest BCUT2D eigenvalue weighted by molar-refractivity contribution is 9.10. The molecule has 0 radical (unpaired) electrons. The van der Waals surface area contributed by atoms with Crippen LogP contribution in [0.3, 0.4) is 0 Å². The first-order valence-electron chi connectivity index (χ1n) is 10.7. The molecule has 0 amide bonds. The maximum Gasteiger partial charge on any atom is 0.336 e. The second-order valence-electron chi connectivity index (χ2n) is 8.17. The molecule has 2 aromatic rings. The van der Waals surface area contributed by atoms with Gasteiger partial charge in [-0.1, -0.05) is 34.1 Å². The Morgan fingerprint density at radius 2 is 1.64 bits per heavy atom. The number of methoxy groups -OCH3 is 3. The van der Waals surface area contributed by atoms with E-state index in [2.05, 4.69) is 21.2 Å². The van der Waals surface area contributed by atoms with Crippen LogP contribution in [0.15, 0.2) is 69.5 Å². The van der Waals surface area contributed by atoms with Crippen molar-refractivity contribution in [3.63, 3.8) is 0 Å². The lowest BCUT2D eigenvalue weighted by Crippen LogP contribution is -2.36. The van der Waals surface area contributed by atoms with Crippen molar-refractivity contribution in [2.75, 3.05) is 21.3 Å². The third-order valence-corrected chi connectivity index (χ3v) is 6.84. The first kappa shape index (κ1) is 23.1. The van der Waals surface area contributed by atoms with Crippen LogP contribution in [0.1, 0.15) is 42.7 Å². The molecule has 0 fully saturated rings. The van der Waals surface area contributed by atoms with Crippen LogP contribution in [0, 0.1) is 0 Å². The van der Waals surface area contributed by atoms with E-state index in [1.165, 1.54) is 7.11 Å². The third kappa shape index (κ3) is 4.29. The fourth-order valence-electron chi connectivity index (χ4n) is 4.75. The highest BCUT2D eigenvalue weighted by Crippen LogP contribution is 2.46. The van der Waals surface area contributed by atoms with Gasteiger partial charge in [-0.25, -0.2) is 4.79 Å². The molecule has 1 aliphatic carbocycles. The summed E-state index contributed by atoms with van der Waals surface area (Å²) in [6.07, 6.45) is 0.992. The molecule has 0 aromatic heterocycles. The number of halogens is 1. The summed E-state index contributed by atoms with van der Waals surface area (Å²) in [5.41, 5.74) is 4.55. The van der Waals surface area contributed by atoms with Crippen molar-refractivity contribution in [2.45, 2.75) is 31.6 Å². The standard InChI is InChI=1S/C26H26BrNO5/c1-14-23(26(30)33-4)24(15-5-8-18(27)9-6-15)25-19(28-14)11-17(12-20(25)29)16-7-10-21(31-2)22(13-16)32-3/h5-10,13,17,24,28H,11-12H2,1-4H3/t17-,24+/m1/s1. The first-order valence-corrected chi connectivity index (χ1v) is 11.5. The van der Waals surface area contributed by atoms with E-state index < -0.39 is 11.9 Å². The van der Waals surface area contributed by atoms with Crippen molar-refractivity contribution in [3.05, 3.63) is 80.6 Å². The van der Waals surface area contributed by atoms with E-state index in [1.807, 2.05) is 49.4 Å². The number of esters is 1. The molecule has 0 bridgehead atoms. The molecule has 0 saturated heterocycles. The van der Waals surface area contributed by atoms with Crippen molar-refractivity contribution in [1.82, 2.24) is 5.32 Å². The van der Waals surface area contributed by atoms with Gasteiger partial charge >= 0.3 is 5.97 Å². The van der Waals surface area contributed by atoms with E-state index >= 15 is 0 Å². The third-order valence-electron chi connectivity index (χ3n) is 6.32. The van der Waals surface area contributed by atoms with Crippen molar-refractivity contribution in [2.24, 2.45) is 0 Å². The van der Waals surface area contributed by atoms with Gasteiger partial charge in [-0.2, -0.15) is 0 Å². The summed E-state index contributed by atoms with van der Waals surface area (Å²) in [5, 5.41) is 3.35. The van der Waals surface area contributed by atoms with Gasteiger partial charge in [0.05, 0.1) is 26.9 Å². The van der Waals surface area contributed by atoms with Crippen molar-refractivity contribution in [1.29, 1.82) is 0 Å². The molecule has 172 valence electrons. The molecular formula is C26H26BrNO5. The van der Waals surface area contributed by atoms with Gasteiger partial charge in [-0.05, 0) is 54.7 Å². The summed E-state index contributed by atoms with van der Waals surface area (Å²) in [5.74, 6) is 0.383. The fourth-order valence-corrected chi connectivity index (χ4v) is 5.01. The number of rotatable bonds is 5. The normalized spacial score (nSPS) is 20.2. The second-order valence-corrected chi connectivity index (χ2v) is 9.09. The van der Waals surface area contributed by atoms with Crippen LogP contribution in [0.4, 0.5) is 0 Å². The molecule has 2 aromatic carbocycles. The topological polar surface area (TPSA) is 73.9 Å². The summed E-state index contributed by atoms with van der Waals surface area (Å²) in [6.45, 7) is 1.85. The predicted molar refractivity (Wildman–Crippen MR) is 128 cm³/mol. The number of benzene rings is 2. The summed E-state index contributed by atoms with van der Waals surface area (Å²) < 4.78 is 16.8. The Hall–Kier alpha value is -3.06. The smallest absolute Gasteiger partial charge is 0.336 e. The molecule has 0 unspecified atom stereocenters. The first-order chi connectivity index (χ1) is 15.9. The Bertz CT molecular complexity index is 1170. The minimum absolute atomic E-state index is 0.0124. The zero-order chi connectivity index (χ0) is 23.7. The number of ketones is 1. The highest BCUT2D eigenvalue weighted by Gasteiger charge is 2.41. The Morgan fingerprint density at radius 3 is 2.27 bits per heavy atom. The maximum atomic E-state index is 13.6. The number of dihydropyridines is 1. The van der Waals surface area contributed by atoms with Gasteiger partial charge in [0.1, 0.15) is 0 Å². The lowest BCUT2D eigenvalue weighted by molar-refractivity contribution is -0.136. The van der Waals surface area contributed by atoms with E-state index in [-0.39, 0.29) is 11.7 Å². The van der Waals surface area contributed by atoms with Gasteiger partial charge in [0.25, 0.3) is 0 Å². The van der Waals surface area contributed by atoms with E-state index in [1.54, 1.807) is 14.2 Å². The number of nitrogens with one attached hydrogen (secondary N) is 1. The summed E-state index contributed by atoms with van der Waals surface area (Å²) in [6, 6.07) is 13.5. The quantitative estimate of drug-likeness (QED) is 0.569. The van der Waals surface area contributed by atoms with Crippen molar-refractivity contribution in [3.8, 4) is 11.5 Å². The van der Waals surface area contributed by atoms with E-state index in [0.717, 1.165) is 21.3 Å². The van der Waals surface area contributed by atoms with Crippen LogP contribution in [0.2, 0.25) is 0 Å². The van der Waals surface area contributed by atoms with Gasteiger partial charge in [0, 0.05) is 33.8 Å². The Morgan fingerprint density at radius 1 is 0.970 bits per heavy atom. The monoisotopic (exact) mass is 511 g/mol. The molecule has 2 atom stereocenters. The van der Waals surface area contributed by atoms with E-state index in [4.69, 9.17) is 14.2 Å². The summed E-state index contributed by atoms with van der Waals surface area (Å²) >= 11 is 3.46. The second kappa shape index (κ2) is 9.43. The van der Waals surface area contributed by atoms with Gasteiger partial charge < -0.3 is 19.5 Å². The molecular weight excluding hydrogens is 486 g/mol. The van der Waals surface area contributed by atoms with Gasteiger partial charge in [0.2, 0.25) is 0 Å². The fraction of sp³-hybridized carbons (Fsp3) is 0.308. The summed E-state index contributed by atoms with van der Waals surface area (Å²) in [7, 11) is 4.56. The molecule has 1 N–H and O–H groups in total. The number of hydrogen-bond donors (Lipinski definition) is 1. The van der Waals surface area contributed by atoms with Crippen LogP contribution in [0.25, 0.3) is 0 Å². The minimum atomic E-state index is -0.472. The van der Waals surface area contributed by atoms with E-state index in [9.17, 15) is 9.59 Å². The molecule has 0 spiro atoms. The number of ether oxygens (including phenoxy) is 3. The molecule has 1 aliphatic heterocycles. The molecule has 1 heterocycles. The van der Waals surface area contributed by atoms with Crippen molar-refractivity contribution >= 4 is 27.7 Å². The lowest BCUT2D eigenvalue weighted by Gasteiger charge is -2.36. The molecule has 0 saturated carbocycles. The maximum absolute atomic E-state index is 13.6. The number of hydrogen-bond acceptors (Lipinski definition) is 6. The van der Waals surface area contributed by atoms with Crippen LogP contribution >= 0.6 is 15.9 Å². The average Bonchev–Trinajstić information content (AvgIpc) is 2.82. The Labute approximate surface area is 201 Å². The van der Waals surface area contributed by atoms with E-state index in [0.29, 0.717) is 41.2 Å². The number of carbonyl (C=O) groups excluding carboxylic acids is 2. The molecule has 33 heavy (non-hydrogen) atoms. The van der Waals surface area contributed by atoms with Crippen molar-refractivity contribution < 1.29 is 23.8 Å². The number of allylic oxidation sites excluding steroid dienone is 3. The highest BCUT2D eigenvalue weighted by atomic mass is 79.9. The number of Topliss-reactive ketones (excluding diaryl/α,β-unsaturated/α-hetero) is 1. The SMILES string of the molecule is COC(=O)C1=C(C)NC2=C(C(=O)C[C@H](c3ccc(OC)c(OC)c3)C2)[C@H]1c1ccc(Br)cc1. The largest absolute Gasteiger partial charge is 0.493 e. The molecule has 6 nitrogen and oxygen atoms in total. The zero-order valence-corrected chi connectivity index (χ0v) is 20.6. The average molecular weight is 512 g/mol. The Kier molecular flexibility index (Phi) is 6.61. The number of carbonyl (C=O) groups is 2. The van der Waals surface area contributed by atoms with Gasteiger partial charge in [-0.15, -0.1) is 0 Å². The van der Waals surface area contributed by atoms with Crippen LogP contribution in [-0.4, -0.2) is 33.1 Å². The van der Waals surface area contributed by atoms with Crippen LogP contribution in [-0.2, 0) is 14.3 Å². The van der Waals surface area contributed by atoms with Gasteiger partial charge in [-0.3, -0.25) is 4.79 Å². The minimum Gasteiger partial charge on any atom is -0.493 e. The molecule has 4 rings (SSSR count). The predicted octanol–water partition coefficient (Wildman–Crippen LogP) is 5.00.